The summed E-state index contributed by atoms with van der Waals surface area (Å²) >= 11 is 0. The van der Waals surface area contributed by atoms with Crippen LogP contribution in [0.15, 0.2) is 54.7 Å². The number of hydrogen-bond donors (Lipinski definition) is 0. The third kappa shape index (κ3) is 5.00. The van der Waals surface area contributed by atoms with Crippen molar-refractivity contribution in [2.75, 3.05) is 27.7 Å². The lowest BCUT2D eigenvalue weighted by Crippen LogP contribution is -2.34. The van der Waals surface area contributed by atoms with Crippen LogP contribution in [0.3, 0.4) is 0 Å². The number of hydrogen-bond acceptors (Lipinski definition) is 4. The van der Waals surface area contributed by atoms with Gasteiger partial charge in [-0.2, -0.15) is 0 Å². The molecule has 0 aliphatic carbocycles. The molecule has 152 valence electrons. The quantitative estimate of drug-likeness (QED) is 0.186. The summed E-state index contributed by atoms with van der Waals surface area (Å²) in [5.74, 6) is -0.306. The summed E-state index contributed by atoms with van der Waals surface area (Å²) in [6, 6.07) is 14.3. The summed E-state index contributed by atoms with van der Waals surface area (Å²) in [6.07, 6.45) is 3.51. The van der Waals surface area contributed by atoms with E-state index in [1.54, 1.807) is 18.2 Å². The van der Waals surface area contributed by atoms with Crippen molar-refractivity contribution in [1.29, 1.82) is 0 Å². The van der Waals surface area contributed by atoms with E-state index in [0.717, 1.165) is 36.0 Å². The van der Waals surface area contributed by atoms with E-state index in [0.29, 0.717) is 16.7 Å². The lowest BCUT2D eigenvalue weighted by molar-refractivity contribution is -0.384. The van der Waals surface area contributed by atoms with E-state index in [1.807, 2.05) is 51.6 Å². The number of nitro groups is 1. The Hall–Kier alpha value is -3.19. The smallest absolute Gasteiger partial charge is 0.338 e. The fourth-order valence-corrected chi connectivity index (χ4v) is 3.18. The zero-order valence-electron chi connectivity index (χ0n) is 17.0. The van der Waals surface area contributed by atoms with Gasteiger partial charge in [0.2, 0.25) is 0 Å². The number of carbonyl (C=O) groups is 1. The van der Waals surface area contributed by atoms with Crippen LogP contribution in [0.1, 0.15) is 23.2 Å². The van der Waals surface area contributed by atoms with Crippen LogP contribution in [0.5, 0.6) is 0 Å². The highest BCUT2D eigenvalue weighted by Crippen LogP contribution is 2.22. The largest absolute Gasteiger partial charge is 0.462 e. The number of unbranched alkanes of at least 4 members (excludes halogenated alkanes) is 1. The van der Waals surface area contributed by atoms with E-state index in [-0.39, 0.29) is 16.6 Å². The predicted molar refractivity (Wildman–Crippen MR) is 114 cm³/mol. The third-order valence-electron chi connectivity index (χ3n) is 4.85. The van der Waals surface area contributed by atoms with Crippen molar-refractivity contribution in [1.82, 2.24) is 9.05 Å². The maximum Gasteiger partial charge on any atom is 0.338 e. The van der Waals surface area contributed by atoms with Crippen molar-refractivity contribution in [3.05, 3.63) is 70.4 Å². The fourth-order valence-electron chi connectivity index (χ4n) is 3.18. The molecule has 0 saturated heterocycles. The Bertz CT molecular complexity index is 1030. The topological polar surface area (TPSA) is 74.4 Å². The third-order valence-corrected chi connectivity index (χ3v) is 4.85. The van der Waals surface area contributed by atoms with Crippen LogP contribution in [0.25, 0.3) is 10.9 Å². The van der Waals surface area contributed by atoms with Gasteiger partial charge in [0.05, 0.1) is 38.2 Å². The van der Waals surface area contributed by atoms with Gasteiger partial charge in [-0.15, -0.1) is 0 Å². The number of non-ortho nitro benzene ring substituents is 1. The Morgan fingerprint density at radius 2 is 1.90 bits per heavy atom. The predicted octanol–water partition coefficient (Wildman–Crippen LogP) is 4.38. The first-order valence-electron chi connectivity index (χ1n) is 9.58. The molecule has 3 rings (SSSR count). The molecule has 0 fully saturated rings. The zero-order chi connectivity index (χ0) is 21.0. The van der Waals surface area contributed by atoms with Gasteiger partial charge in [0.15, 0.2) is 0 Å². The molecule has 7 heteroatoms. The van der Waals surface area contributed by atoms with E-state index >= 15 is 0 Å². The molecule has 0 N–H and O–H groups in total. The Labute approximate surface area is 169 Å². The van der Waals surface area contributed by atoms with E-state index < -0.39 is 0 Å². The maximum atomic E-state index is 12.3. The van der Waals surface area contributed by atoms with Gasteiger partial charge in [-0.05, 0) is 37.1 Å². The second kappa shape index (κ2) is 8.45. The average molecular weight is 396 g/mol. The monoisotopic (exact) mass is 396 g/mol. The van der Waals surface area contributed by atoms with Crippen molar-refractivity contribution >= 4 is 28.2 Å². The van der Waals surface area contributed by atoms with Gasteiger partial charge in [-0.3, -0.25) is 14.6 Å². The summed E-state index contributed by atoms with van der Waals surface area (Å²) in [5, 5.41) is 11.7. The number of benzene rings is 2. The van der Waals surface area contributed by atoms with Crippen molar-refractivity contribution < 1.29 is 14.5 Å². The van der Waals surface area contributed by atoms with Crippen LogP contribution >= 0.6 is 0 Å². The number of esters is 1. The first-order chi connectivity index (χ1) is 13.8. The van der Waals surface area contributed by atoms with Crippen LogP contribution in [0, 0.1) is 10.1 Å². The summed E-state index contributed by atoms with van der Waals surface area (Å²) < 4.78 is 8.11. The van der Waals surface area contributed by atoms with Gasteiger partial charge in [0, 0.05) is 41.8 Å². The Balaban J connectivity index is 1.49. The van der Waals surface area contributed by atoms with Gasteiger partial charge in [0.25, 0.3) is 5.69 Å². The summed E-state index contributed by atoms with van der Waals surface area (Å²) in [7, 11) is 6.15. The SMILES string of the molecule is C[N+](C)(C)c1cccc(C(=O)OCCCCn2ccc3cc([N+](=O)[O-])ccc32)c1. The number of carbonyl (C=O) groups excluding carboxylic acids is 1. The van der Waals surface area contributed by atoms with Crippen LogP contribution < -0.4 is 4.48 Å². The van der Waals surface area contributed by atoms with E-state index in [9.17, 15) is 14.9 Å². The number of ether oxygens (including phenoxy) is 1. The fraction of sp³-hybridized carbons (Fsp3) is 0.318. The second-order valence-corrected chi connectivity index (χ2v) is 7.92. The molecule has 0 radical (unpaired) electrons. The number of nitrogens with zero attached hydrogens (tertiary/aromatic N) is 3. The van der Waals surface area contributed by atoms with Gasteiger partial charge in [-0.1, -0.05) is 6.07 Å². The molecule has 0 atom stereocenters. The minimum atomic E-state index is -0.388. The number of aryl methyl sites for hydroxylation is 1. The second-order valence-electron chi connectivity index (χ2n) is 7.92. The number of nitro benzene ring substituents is 1. The molecular weight excluding hydrogens is 370 g/mol. The number of quaternary nitrogens is 1. The van der Waals surface area contributed by atoms with Gasteiger partial charge >= 0.3 is 5.97 Å². The average Bonchev–Trinajstić information content (AvgIpc) is 3.09. The molecule has 0 saturated carbocycles. The Kier molecular flexibility index (Phi) is 5.98. The molecule has 0 aliphatic rings. The number of rotatable bonds is 8. The van der Waals surface area contributed by atoms with Crippen molar-refractivity contribution in [3.8, 4) is 0 Å². The normalized spacial score (nSPS) is 11.6. The van der Waals surface area contributed by atoms with Gasteiger partial charge in [0.1, 0.15) is 5.69 Å². The first-order valence-corrected chi connectivity index (χ1v) is 9.58. The summed E-state index contributed by atoms with van der Waals surface area (Å²) in [6.45, 7) is 1.12. The molecule has 1 aromatic heterocycles. The molecule has 1 heterocycles. The minimum absolute atomic E-state index is 0.0940. The first kappa shape index (κ1) is 20.5. The number of fused-ring (bicyclic) bond motifs is 1. The highest BCUT2D eigenvalue weighted by atomic mass is 16.6. The van der Waals surface area contributed by atoms with Crippen LogP contribution in [0.2, 0.25) is 0 Å². The lowest BCUT2D eigenvalue weighted by Gasteiger charge is -2.23. The van der Waals surface area contributed by atoms with Crippen molar-refractivity contribution in [2.24, 2.45) is 0 Å². The molecule has 3 aromatic rings. The van der Waals surface area contributed by atoms with Crippen molar-refractivity contribution in [3.63, 3.8) is 0 Å². The van der Waals surface area contributed by atoms with Gasteiger partial charge < -0.3 is 9.30 Å². The van der Waals surface area contributed by atoms with Crippen LogP contribution in [-0.4, -0.2) is 43.2 Å². The highest BCUT2D eigenvalue weighted by molar-refractivity contribution is 5.90. The summed E-state index contributed by atoms with van der Waals surface area (Å²) in [4.78, 5) is 22.8. The standard InChI is InChI=1S/C22H26N3O4/c1-25(2,3)20-8-6-7-18(16-20)22(26)29-14-5-4-12-23-13-11-17-15-19(24(27)28)9-10-21(17)23/h6-11,13,15-16H,4-5,12,14H2,1-3H3/q+1. The highest BCUT2D eigenvalue weighted by Gasteiger charge is 2.15. The molecule has 7 nitrogen and oxygen atoms in total. The Morgan fingerprint density at radius 3 is 2.62 bits per heavy atom. The molecule has 2 aromatic carbocycles. The molecule has 0 spiro atoms. The molecule has 0 bridgehead atoms. The van der Waals surface area contributed by atoms with Crippen molar-refractivity contribution in [2.45, 2.75) is 19.4 Å². The molecular formula is C22H26N3O4+. The van der Waals surface area contributed by atoms with Crippen LogP contribution in [-0.2, 0) is 11.3 Å². The number of aromatic nitrogens is 1. The van der Waals surface area contributed by atoms with Crippen LogP contribution in [0.4, 0.5) is 11.4 Å². The maximum absolute atomic E-state index is 12.3. The van der Waals surface area contributed by atoms with Gasteiger partial charge in [-0.25, -0.2) is 4.79 Å². The zero-order valence-corrected chi connectivity index (χ0v) is 17.0. The minimum Gasteiger partial charge on any atom is -0.462 e. The summed E-state index contributed by atoms with van der Waals surface area (Å²) in [5.41, 5.74) is 2.66. The van der Waals surface area contributed by atoms with E-state index in [1.165, 1.54) is 6.07 Å². The molecule has 0 amide bonds. The molecule has 0 unspecified atom stereocenters. The van der Waals surface area contributed by atoms with E-state index in [2.05, 4.69) is 4.57 Å². The molecule has 29 heavy (non-hydrogen) atoms. The lowest BCUT2D eigenvalue weighted by atomic mass is 10.2. The molecule has 0 aliphatic heterocycles. The van der Waals surface area contributed by atoms with E-state index in [4.69, 9.17) is 4.74 Å². The Morgan fingerprint density at radius 1 is 1.10 bits per heavy atom.